The standard InChI is InChI=1S/C14H22N6/c1-4-12-11(3)17-14-15-10-16-20(14)13(12)19-8-6-18(5-2)7-9-19/h10H,4-9H2,1-3H3. The number of hydrogen-bond donors (Lipinski definition) is 0. The second-order valence-corrected chi connectivity index (χ2v) is 5.25. The van der Waals surface area contributed by atoms with Gasteiger partial charge in [0.2, 0.25) is 0 Å². The number of hydrogen-bond acceptors (Lipinski definition) is 5. The second-order valence-electron chi connectivity index (χ2n) is 5.25. The predicted molar refractivity (Wildman–Crippen MR) is 79.2 cm³/mol. The van der Waals surface area contributed by atoms with Crippen molar-refractivity contribution < 1.29 is 0 Å². The first kappa shape index (κ1) is 13.3. The Morgan fingerprint density at radius 2 is 1.90 bits per heavy atom. The van der Waals surface area contributed by atoms with E-state index in [1.165, 1.54) is 11.4 Å². The fraction of sp³-hybridized carbons (Fsp3) is 0.643. The summed E-state index contributed by atoms with van der Waals surface area (Å²) in [6, 6.07) is 0. The predicted octanol–water partition coefficient (Wildman–Crippen LogP) is 1.14. The summed E-state index contributed by atoms with van der Waals surface area (Å²) in [6.07, 6.45) is 2.56. The lowest BCUT2D eigenvalue weighted by Crippen LogP contribution is -2.47. The summed E-state index contributed by atoms with van der Waals surface area (Å²) in [4.78, 5) is 13.7. The van der Waals surface area contributed by atoms with Crippen LogP contribution in [0.1, 0.15) is 25.1 Å². The minimum absolute atomic E-state index is 0.702. The van der Waals surface area contributed by atoms with Crippen molar-refractivity contribution in [3.8, 4) is 0 Å². The Labute approximate surface area is 119 Å². The van der Waals surface area contributed by atoms with Crippen molar-refractivity contribution in [2.45, 2.75) is 27.2 Å². The maximum Gasteiger partial charge on any atom is 0.254 e. The van der Waals surface area contributed by atoms with Crippen LogP contribution in [0, 0.1) is 6.92 Å². The van der Waals surface area contributed by atoms with E-state index in [9.17, 15) is 0 Å². The van der Waals surface area contributed by atoms with Crippen LogP contribution in [0.4, 0.5) is 5.82 Å². The fourth-order valence-electron chi connectivity index (χ4n) is 2.98. The highest BCUT2D eigenvalue weighted by Gasteiger charge is 2.22. The van der Waals surface area contributed by atoms with Crippen molar-refractivity contribution in [3.05, 3.63) is 17.6 Å². The van der Waals surface area contributed by atoms with E-state index in [2.05, 4.69) is 45.6 Å². The SMILES string of the molecule is CCc1c(C)nc2ncnn2c1N1CCN(CC)CC1. The van der Waals surface area contributed by atoms with Crippen LogP contribution in [0.15, 0.2) is 6.33 Å². The molecule has 0 radical (unpaired) electrons. The Balaban J connectivity index is 2.03. The molecule has 0 amide bonds. The zero-order chi connectivity index (χ0) is 14.1. The van der Waals surface area contributed by atoms with E-state index in [1.54, 1.807) is 6.33 Å². The summed E-state index contributed by atoms with van der Waals surface area (Å²) < 4.78 is 1.90. The van der Waals surface area contributed by atoms with Crippen LogP contribution < -0.4 is 4.90 Å². The summed E-state index contributed by atoms with van der Waals surface area (Å²) in [5.74, 6) is 1.89. The highest BCUT2D eigenvalue weighted by atomic mass is 15.4. The summed E-state index contributed by atoms with van der Waals surface area (Å²) >= 11 is 0. The van der Waals surface area contributed by atoms with Crippen LogP contribution in [-0.4, -0.2) is 57.2 Å². The third kappa shape index (κ3) is 2.14. The molecule has 20 heavy (non-hydrogen) atoms. The number of aromatic nitrogens is 4. The van der Waals surface area contributed by atoms with Gasteiger partial charge in [-0.05, 0) is 19.9 Å². The van der Waals surface area contributed by atoms with E-state index < -0.39 is 0 Å². The molecule has 1 saturated heterocycles. The number of nitrogens with zero attached hydrogens (tertiary/aromatic N) is 6. The van der Waals surface area contributed by atoms with Crippen molar-refractivity contribution in [2.75, 3.05) is 37.6 Å². The first-order valence-corrected chi connectivity index (χ1v) is 7.41. The van der Waals surface area contributed by atoms with Gasteiger partial charge in [-0.1, -0.05) is 13.8 Å². The molecule has 0 aromatic carbocycles. The Morgan fingerprint density at radius 1 is 1.15 bits per heavy atom. The highest BCUT2D eigenvalue weighted by Crippen LogP contribution is 2.24. The average molecular weight is 274 g/mol. The molecular formula is C14H22N6. The number of fused-ring (bicyclic) bond motifs is 1. The Bertz CT molecular complexity index is 597. The molecule has 6 nitrogen and oxygen atoms in total. The Morgan fingerprint density at radius 3 is 2.55 bits per heavy atom. The van der Waals surface area contributed by atoms with Crippen LogP contribution in [0.2, 0.25) is 0 Å². The van der Waals surface area contributed by atoms with Crippen molar-refractivity contribution in [1.82, 2.24) is 24.5 Å². The normalized spacial score (nSPS) is 17.1. The molecular weight excluding hydrogens is 252 g/mol. The maximum atomic E-state index is 4.55. The number of likely N-dealkylation sites (N-methyl/N-ethyl adjacent to an activating group) is 1. The van der Waals surface area contributed by atoms with Gasteiger partial charge in [0.05, 0.1) is 0 Å². The second kappa shape index (κ2) is 5.36. The molecule has 1 fully saturated rings. The van der Waals surface area contributed by atoms with Crippen LogP contribution in [0.25, 0.3) is 5.78 Å². The highest BCUT2D eigenvalue weighted by molar-refractivity contribution is 5.54. The van der Waals surface area contributed by atoms with Gasteiger partial charge in [0.1, 0.15) is 12.1 Å². The molecule has 108 valence electrons. The van der Waals surface area contributed by atoms with Gasteiger partial charge in [-0.25, -0.2) is 4.98 Å². The van der Waals surface area contributed by atoms with Gasteiger partial charge < -0.3 is 9.80 Å². The molecule has 0 aliphatic carbocycles. The lowest BCUT2D eigenvalue weighted by atomic mass is 10.1. The molecule has 0 N–H and O–H groups in total. The zero-order valence-electron chi connectivity index (χ0n) is 12.5. The fourth-order valence-corrected chi connectivity index (χ4v) is 2.98. The van der Waals surface area contributed by atoms with Crippen LogP contribution in [-0.2, 0) is 6.42 Å². The van der Waals surface area contributed by atoms with Gasteiger partial charge in [-0.15, -0.1) is 0 Å². The molecule has 0 atom stereocenters. The number of rotatable bonds is 3. The van der Waals surface area contributed by atoms with Crippen LogP contribution in [0.3, 0.4) is 0 Å². The molecule has 3 heterocycles. The van der Waals surface area contributed by atoms with E-state index in [-0.39, 0.29) is 0 Å². The van der Waals surface area contributed by atoms with Gasteiger partial charge in [0.25, 0.3) is 5.78 Å². The van der Waals surface area contributed by atoms with Crippen molar-refractivity contribution >= 4 is 11.6 Å². The quantitative estimate of drug-likeness (QED) is 0.840. The first-order chi connectivity index (χ1) is 9.74. The first-order valence-electron chi connectivity index (χ1n) is 7.41. The van der Waals surface area contributed by atoms with Gasteiger partial charge in [-0.3, -0.25) is 0 Å². The Hall–Kier alpha value is -1.69. The number of anilines is 1. The molecule has 0 spiro atoms. The number of aryl methyl sites for hydroxylation is 1. The zero-order valence-corrected chi connectivity index (χ0v) is 12.5. The van der Waals surface area contributed by atoms with Crippen LogP contribution >= 0.6 is 0 Å². The summed E-state index contributed by atoms with van der Waals surface area (Å²) in [7, 11) is 0. The Kier molecular flexibility index (Phi) is 3.56. The van der Waals surface area contributed by atoms with Gasteiger partial charge in [0.15, 0.2) is 0 Å². The third-order valence-corrected chi connectivity index (χ3v) is 4.18. The van der Waals surface area contributed by atoms with Crippen molar-refractivity contribution in [1.29, 1.82) is 0 Å². The molecule has 0 unspecified atom stereocenters. The molecule has 6 heteroatoms. The summed E-state index contributed by atoms with van der Waals surface area (Å²) in [5.41, 5.74) is 2.36. The van der Waals surface area contributed by atoms with E-state index in [0.717, 1.165) is 44.8 Å². The molecule has 0 saturated carbocycles. The van der Waals surface area contributed by atoms with E-state index in [1.807, 2.05) is 4.52 Å². The minimum Gasteiger partial charge on any atom is -0.354 e. The molecule has 3 rings (SSSR count). The lowest BCUT2D eigenvalue weighted by molar-refractivity contribution is 0.270. The van der Waals surface area contributed by atoms with E-state index in [0.29, 0.717) is 5.78 Å². The topological polar surface area (TPSA) is 49.6 Å². The largest absolute Gasteiger partial charge is 0.354 e. The van der Waals surface area contributed by atoms with Gasteiger partial charge in [-0.2, -0.15) is 14.6 Å². The van der Waals surface area contributed by atoms with E-state index >= 15 is 0 Å². The van der Waals surface area contributed by atoms with Crippen LogP contribution in [0.5, 0.6) is 0 Å². The van der Waals surface area contributed by atoms with Crippen molar-refractivity contribution in [3.63, 3.8) is 0 Å². The van der Waals surface area contributed by atoms with Crippen molar-refractivity contribution in [2.24, 2.45) is 0 Å². The molecule has 2 aromatic rings. The monoisotopic (exact) mass is 274 g/mol. The molecule has 1 aliphatic rings. The maximum absolute atomic E-state index is 4.55. The molecule has 2 aromatic heterocycles. The summed E-state index contributed by atoms with van der Waals surface area (Å²) in [6.45, 7) is 11.9. The van der Waals surface area contributed by atoms with Gasteiger partial charge >= 0.3 is 0 Å². The average Bonchev–Trinajstić information content (AvgIpc) is 2.93. The van der Waals surface area contributed by atoms with E-state index in [4.69, 9.17) is 0 Å². The molecule has 1 aliphatic heterocycles. The van der Waals surface area contributed by atoms with Gasteiger partial charge in [0, 0.05) is 37.4 Å². The smallest absolute Gasteiger partial charge is 0.254 e. The summed E-state index contributed by atoms with van der Waals surface area (Å²) in [5, 5.41) is 4.37. The third-order valence-electron chi connectivity index (χ3n) is 4.18. The molecule has 0 bridgehead atoms. The minimum atomic E-state index is 0.702. The lowest BCUT2D eigenvalue weighted by Gasteiger charge is -2.36. The number of piperazine rings is 1.